The summed E-state index contributed by atoms with van der Waals surface area (Å²) in [6.45, 7) is 0.294. The number of thioether (sulfide) groups is 2. The lowest BCUT2D eigenvalue weighted by atomic mass is 10.2. The van der Waals surface area contributed by atoms with Crippen molar-refractivity contribution >= 4 is 23.5 Å². The Morgan fingerprint density at radius 1 is 1.29 bits per heavy atom. The first-order valence-corrected chi connectivity index (χ1v) is 8.85. The first-order valence-electron chi connectivity index (χ1n) is 6.47. The Morgan fingerprint density at radius 2 is 2.14 bits per heavy atom. The van der Waals surface area contributed by atoms with Crippen LogP contribution in [0.4, 0.5) is 0 Å². The Morgan fingerprint density at radius 3 is 3.00 bits per heavy atom. The molecule has 6 nitrogen and oxygen atoms in total. The highest BCUT2D eigenvalue weighted by molar-refractivity contribution is 7.98. The van der Waals surface area contributed by atoms with Gasteiger partial charge in [0.25, 0.3) is 0 Å². The van der Waals surface area contributed by atoms with E-state index in [9.17, 15) is 0 Å². The number of aromatic nitrogens is 3. The standard InChI is InChI=1S/C13H16N4O2S2/c1-20-5-4-12-15-16-13(17(12)14)21-7-9-2-3-10-11(6-9)19-8-18-10/h2-3,6H,4-5,7-8,14H2,1H3. The molecule has 1 aliphatic heterocycles. The molecule has 2 N–H and O–H groups in total. The zero-order chi connectivity index (χ0) is 14.7. The fraction of sp³-hybridized carbons (Fsp3) is 0.385. The molecule has 0 spiro atoms. The first-order chi connectivity index (χ1) is 10.3. The number of aryl methyl sites for hydroxylation is 1. The van der Waals surface area contributed by atoms with E-state index < -0.39 is 0 Å². The van der Waals surface area contributed by atoms with E-state index in [4.69, 9.17) is 15.3 Å². The lowest BCUT2D eigenvalue weighted by molar-refractivity contribution is 0.174. The summed E-state index contributed by atoms with van der Waals surface area (Å²) in [5, 5.41) is 9.00. The highest BCUT2D eigenvalue weighted by Crippen LogP contribution is 2.34. The minimum atomic E-state index is 0.294. The summed E-state index contributed by atoms with van der Waals surface area (Å²) in [6.07, 6.45) is 2.89. The van der Waals surface area contributed by atoms with E-state index in [0.717, 1.165) is 46.0 Å². The largest absolute Gasteiger partial charge is 0.454 e. The molecule has 2 aromatic rings. The van der Waals surface area contributed by atoms with Crippen molar-refractivity contribution in [3.8, 4) is 11.5 Å². The van der Waals surface area contributed by atoms with Crippen LogP contribution in [0.1, 0.15) is 11.4 Å². The molecule has 112 valence electrons. The van der Waals surface area contributed by atoms with Crippen molar-refractivity contribution in [2.45, 2.75) is 17.3 Å². The van der Waals surface area contributed by atoms with Gasteiger partial charge in [-0.2, -0.15) is 11.8 Å². The van der Waals surface area contributed by atoms with E-state index in [-0.39, 0.29) is 0 Å². The summed E-state index contributed by atoms with van der Waals surface area (Å²) < 4.78 is 12.2. The topological polar surface area (TPSA) is 75.2 Å². The number of ether oxygens (including phenoxy) is 2. The summed E-state index contributed by atoms with van der Waals surface area (Å²) in [5.74, 6) is 10.2. The molecule has 0 radical (unpaired) electrons. The molecule has 1 aliphatic rings. The quantitative estimate of drug-likeness (QED) is 0.642. The molecule has 0 atom stereocenters. The van der Waals surface area contributed by atoms with Gasteiger partial charge in [0.1, 0.15) is 0 Å². The van der Waals surface area contributed by atoms with Crippen molar-refractivity contribution in [2.24, 2.45) is 0 Å². The van der Waals surface area contributed by atoms with Crippen molar-refractivity contribution < 1.29 is 9.47 Å². The average molecular weight is 324 g/mol. The number of benzene rings is 1. The maximum atomic E-state index is 6.02. The second-order valence-electron chi connectivity index (χ2n) is 4.49. The number of rotatable bonds is 6. The van der Waals surface area contributed by atoms with Gasteiger partial charge in [-0.15, -0.1) is 10.2 Å². The molecule has 0 amide bonds. The minimum absolute atomic E-state index is 0.294. The zero-order valence-electron chi connectivity index (χ0n) is 11.6. The Kier molecular flexibility index (Phi) is 4.45. The number of fused-ring (bicyclic) bond motifs is 1. The van der Waals surface area contributed by atoms with Crippen LogP contribution in [-0.2, 0) is 12.2 Å². The molecule has 0 saturated heterocycles. The predicted octanol–water partition coefficient (Wildman–Crippen LogP) is 1.92. The van der Waals surface area contributed by atoms with Gasteiger partial charge in [0.2, 0.25) is 11.9 Å². The van der Waals surface area contributed by atoms with Gasteiger partial charge >= 0.3 is 0 Å². The SMILES string of the molecule is CSCCc1nnc(SCc2ccc3c(c2)OCO3)n1N. The summed E-state index contributed by atoms with van der Waals surface area (Å²) in [7, 11) is 0. The summed E-state index contributed by atoms with van der Waals surface area (Å²) in [6, 6.07) is 5.93. The summed E-state index contributed by atoms with van der Waals surface area (Å²) in [5.41, 5.74) is 1.14. The number of nitrogen functional groups attached to an aromatic ring is 1. The van der Waals surface area contributed by atoms with Crippen LogP contribution < -0.4 is 15.3 Å². The number of hydrogen-bond acceptors (Lipinski definition) is 7. The molecule has 0 bridgehead atoms. The molecule has 21 heavy (non-hydrogen) atoms. The van der Waals surface area contributed by atoms with Gasteiger partial charge in [-0.3, -0.25) is 0 Å². The van der Waals surface area contributed by atoms with Crippen LogP contribution >= 0.6 is 23.5 Å². The van der Waals surface area contributed by atoms with E-state index >= 15 is 0 Å². The summed E-state index contributed by atoms with van der Waals surface area (Å²) in [4.78, 5) is 0. The number of nitrogens with zero attached hydrogens (tertiary/aromatic N) is 3. The monoisotopic (exact) mass is 324 g/mol. The molecule has 1 aromatic carbocycles. The normalized spacial score (nSPS) is 12.8. The lowest BCUT2D eigenvalue weighted by Gasteiger charge is -2.04. The Bertz CT molecular complexity index is 633. The van der Waals surface area contributed by atoms with Crippen LogP contribution in [0, 0.1) is 0 Å². The lowest BCUT2D eigenvalue weighted by Crippen LogP contribution is -2.14. The fourth-order valence-electron chi connectivity index (χ4n) is 1.95. The van der Waals surface area contributed by atoms with E-state index in [2.05, 4.69) is 16.5 Å². The smallest absolute Gasteiger partial charge is 0.231 e. The molecular weight excluding hydrogens is 308 g/mol. The third-order valence-electron chi connectivity index (χ3n) is 3.07. The van der Waals surface area contributed by atoms with Gasteiger partial charge in [-0.1, -0.05) is 17.8 Å². The van der Waals surface area contributed by atoms with Gasteiger partial charge in [0, 0.05) is 17.9 Å². The van der Waals surface area contributed by atoms with Gasteiger partial charge in [-0.05, 0) is 24.0 Å². The Hall–Kier alpha value is -1.54. The van der Waals surface area contributed by atoms with Crippen molar-refractivity contribution in [3.63, 3.8) is 0 Å². The van der Waals surface area contributed by atoms with Gasteiger partial charge in [-0.25, -0.2) is 4.68 Å². The Labute approximate surface area is 131 Å². The minimum Gasteiger partial charge on any atom is -0.454 e. The van der Waals surface area contributed by atoms with Crippen LogP contribution in [0.15, 0.2) is 23.4 Å². The third-order valence-corrected chi connectivity index (χ3v) is 4.70. The molecule has 0 fully saturated rings. The zero-order valence-corrected chi connectivity index (χ0v) is 13.2. The van der Waals surface area contributed by atoms with E-state index in [1.165, 1.54) is 0 Å². The highest BCUT2D eigenvalue weighted by Gasteiger charge is 2.14. The molecular formula is C13H16N4O2S2. The molecule has 2 heterocycles. The Balaban J connectivity index is 1.63. The van der Waals surface area contributed by atoms with E-state index in [0.29, 0.717) is 6.79 Å². The number of hydrogen-bond donors (Lipinski definition) is 1. The molecule has 8 heteroatoms. The van der Waals surface area contributed by atoms with Crippen LogP contribution in [0.5, 0.6) is 11.5 Å². The van der Waals surface area contributed by atoms with Crippen LogP contribution in [0.25, 0.3) is 0 Å². The van der Waals surface area contributed by atoms with Crippen LogP contribution in [-0.4, -0.2) is 33.7 Å². The molecule has 0 unspecified atom stereocenters. The second-order valence-corrected chi connectivity index (χ2v) is 6.42. The van der Waals surface area contributed by atoms with Crippen LogP contribution in [0.3, 0.4) is 0 Å². The van der Waals surface area contributed by atoms with Crippen LogP contribution in [0.2, 0.25) is 0 Å². The average Bonchev–Trinajstić information content (AvgIpc) is 3.09. The summed E-state index contributed by atoms with van der Waals surface area (Å²) >= 11 is 3.33. The molecule has 0 saturated carbocycles. The maximum absolute atomic E-state index is 6.02. The first kappa shape index (κ1) is 14.4. The predicted molar refractivity (Wildman–Crippen MR) is 84.4 cm³/mol. The van der Waals surface area contributed by atoms with Gasteiger partial charge in [0.05, 0.1) is 0 Å². The van der Waals surface area contributed by atoms with Crippen molar-refractivity contribution in [3.05, 3.63) is 29.6 Å². The van der Waals surface area contributed by atoms with Crippen molar-refractivity contribution in [1.82, 2.24) is 14.9 Å². The molecule has 1 aromatic heterocycles. The number of nitrogens with two attached hydrogens (primary N) is 1. The highest BCUT2D eigenvalue weighted by atomic mass is 32.2. The third kappa shape index (κ3) is 3.21. The van der Waals surface area contributed by atoms with E-state index in [1.807, 2.05) is 18.2 Å². The van der Waals surface area contributed by atoms with Gasteiger partial charge in [0.15, 0.2) is 17.3 Å². The van der Waals surface area contributed by atoms with Crippen molar-refractivity contribution in [2.75, 3.05) is 24.6 Å². The molecule has 3 rings (SSSR count). The molecule has 0 aliphatic carbocycles. The maximum Gasteiger partial charge on any atom is 0.231 e. The second kappa shape index (κ2) is 6.48. The van der Waals surface area contributed by atoms with Gasteiger partial charge < -0.3 is 15.3 Å². The fourth-order valence-corrected chi connectivity index (χ4v) is 3.15. The van der Waals surface area contributed by atoms with E-state index in [1.54, 1.807) is 28.2 Å². The van der Waals surface area contributed by atoms with Crippen molar-refractivity contribution in [1.29, 1.82) is 0 Å².